The van der Waals surface area contributed by atoms with Crippen molar-refractivity contribution < 1.29 is 0 Å². The third-order valence-corrected chi connectivity index (χ3v) is 3.40. The molecule has 0 aliphatic carbocycles. The third-order valence-electron chi connectivity index (χ3n) is 2.86. The number of hydrogen-bond acceptors (Lipinski definition) is 4. The molecule has 0 fully saturated rings. The Labute approximate surface area is 114 Å². The number of aromatic amines is 1. The molecule has 0 radical (unpaired) electrons. The van der Waals surface area contributed by atoms with E-state index in [-0.39, 0.29) is 5.69 Å². The topological polar surface area (TPSA) is 75.2 Å². The van der Waals surface area contributed by atoms with Crippen LogP contribution in [-0.2, 0) is 12.8 Å². The highest BCUT2D eigenvalue weighted by atomic mass is 35.5. The molecular formula is C13H12ClN3O2. The Bertz CT molecular complexity index is 667. The van der Waals surface area contributed by atoms with Gasteiger partial charge in [0.05, 0.1) is 5.69 Å². The maximum absolute atomic E-state index is 11.1. The zero-order valence-corrected chi connectivity index (χ0v) is 11.1. The van der Waals surface area contributed by atoms with E-state index in [0.29, 0.717) is 18.5 Å². The summed E-state index contributed by atoms with van der Waals surface area (Å²) in [6.45, 7) is 1.94. The van der Waals surface area contributed by atoms with Crippen LogP contribution in [0.4, 0.5) is 5.69 Å². The van der Waals surface area contributed by atoms with Gasteiger partial charge in [-0.25, -0.2) is 5.10 Å². The molecule has 1 aromatic carbocycles. The monoisotopic (exact) mass is 277 g/mol. The number of H-pyrrole nitrogens is 1. The molecule has 0 spiro atoms. The molecule has 0 saturated carbocycles. The minimum absolute atomic E-state index is 0.152. The summed E-state index contributed by atoms with van der Waals surface area (Å²) in [4.78, 5) is 21.6. The van der Waals surface area contributed by atoms with Crippen LogP contribution in [0.2, 0.25) is 5.02 Å². The summed E-state index contributed by atoms with van der Waals surface area (Å²) in [7, 11) is 0. The Hall–Kier alpha value is -2.01. The van der Waals surface area contributed by atoms with Gasteiger partial charge in [-0.05, 0) is 42.1 Å². The highest BCUT2D eigenvalue weighted by molar-refractivity contribution is 6.32. The Morgan fingerprint density at radius 2 is 2.16 bits per heavy atom. The van der Waals surface area contributed by atoms with E-state index in [4.69, 9.17) is 11.6 Å². The maximum Gasteiger partial charge on any atom is 0.293 e. The van der Waals surface area contributed by atoms with Crippen molar-refractivity contribution in [3.05, 3.63) is 61.4 Å². The van der Waals surface area contributed by atoms with Crippen LogP contribution in [0, 0.1) is 11.8 Å². The Kier molecular flexibility index (Phi) is 4.06. The lowest BCUT2D eigenvalue weighted by molar-refractivity contribution is 0.845. The lowest BCUT2D eigenvalue weighted by Gasteiger charge is -2.06. The summed E-state index contributed by atoms with van der Waals surface area (Å²) in [6, 6.07) is 7.23. The normalized spacial score (nSPS) is 10.4. The van der Waals surface area contributed by atoms with Gasteiger partial charge in [-0.15, -0.1) is 4.91 Å². The van der Waals surface area contributed by atoms with E-state index in [1.54, 1.807) is 0 Å². The first kappa shape index (κ1) is 13.4. The summed E-state index contributed by atoms with van der Waals surface area (Å²) < 4.78 is 0. The smallest absolute Gasteiger partial charge is 0.265 e. The highest BCUT2D eigenvalue weighted by Gasteiger charge is 2.06. The number of nitroso groups, excluding NO2 is 1. The molecule has 1 N–H and O–H groups in total. The van der Waals surface area contributed by atoms with E-state index < -0.39 is 5.56 Å². The molecular weight excluding hydrogens is 266 g/mol. The van der Waals surface area contributed by atoms with Crippen LogP contribution in [0.3, 0.4) is 0 Å². The Morgan fingerprint density at radius 1 is 1.37 bits per heavy atom. The largest absolute Gasteiger partial charge is 0.293 e. The molecule has 98 valence electrons. The predicted octanol–water partition coefficient (Wildman–Crippen LogP) is 2.91. The molecule has 2 aromatic rings. The van der Waals surface area contributed by atoms with Crippen LogP contribution >= 0.6 is 11.6 Å². The number of hydrogen-bond donors (Lipinski definition) is 1. The zero-order chi connectivity index (χ0) is 13.8. The van der Waals surface area contributed by atoms with E-state index in [1.807, 2.05) is 25.1 Å². The highest BCUT2D eigenvalue weighted by Crippen LogP contribution is 2.21. The van der Waals surface area contributed by atoms with Crippen molar-refractivity contribution in [3.8, 4) is 0 Å². The predicted molar refractivity (Wildman–Crippen MR) is 73.9 cm³/mol. The lowest BCUT2D eigenvalue weighted by atomic mass is 10.1. The number of nitrogens with zero attached hydrogens (tertiary/aromatic N) is 2. The molecule has 19 heavy (non-hydrogen) atoms. The van der Waals surface area contributed by atoms with Gasteiger partial charge in [-0.1, -0.05) is 29.8 Å². The molecule has 1 heterocycles. The molecule has 6 heteroatoms. The zero-order valence-electron chi connectivity index (χ0n) is 10.3. The van der Waals surface area contributed by atoms with Gasteiger partial charge in [0.25, 0.3) is 5.56 Å². The molecule has 0 unspecified atom stereocenters. The number of halogens is 1. The van der Waals surface area contributed by atoms with Crippen LogP contribution < -0.4 is 5.56 Å². The van der Waals surface area contributed by atoms with Gasteiger partial charge < -0.3 is 0 Å². The second-order valence-electron chi connectivity index (χ2n) is 4.21. The average Bonchev–Trinajstić information content (AvgIpc) is 2.42. The lowest BCUT2D eigenvalue weighted by Crippen LogP contribution is -2.09. The fourth-order valence-corrected chi connectivity index (χ4v) is 2.02. The third kappa shape index (κ3) is 3.06. The fourth-order valence-electron chi connectivity index (χ4n) is 1.80. The van der Waals surface area contributed by atoms with E-state index in [9.17, 15) is 9.70 Å². The van der Waals surface area contributed by atoms with Gasteiger partial charge in [-0.3, -0.25) is 4.79 Å². The van der Waals surface area contributed by atoms with Crippen molar-refractivity contribution in [2.24, 2.45) is 5.18 Å². The van der Waals surface area contributed by atoms with Crippen LogP contribution in [0.25, 0.3) is 0 Å². The molecule has 0 bridgehead atoms. The molecule has 0 saturated heterocycles. The summed E-state index contributed by atoms with van der Waals surface area (Å²) in [5, 5.41) is 9.52. The van der Waals surface area contributed by atoms with E-state index in [2.05, 4.69) is 15.4 Å². The molecule has 0 aliphatic rings. The number of rotatable bonds is 4. The molecule has 0 atom stereocenters. The first-order valence-corrected chi connectivity index (χ1v) is 6.15. The van der Waals surface area contributed by atoms with Gasteiger partial charge in [0.2, 0.25) is 0 Å². The SMILES string of the molecule is Cc1cccc(CCc2cc(N=O)c(=O)[nH]n2)c1Cl. The first-order chi connectivity index (χ1) is 9.11. The average molecular weight is 278 g/mol. The van der Waals surface area contributed by atoms with Gasteiger partial charge in [0.15, 0.2) is 5.69 Å². The van der Waals surface area contributed by atoms with Crippen molar-refractivity contribution in [3.63, 3.8) is 0 Å². The molecule has 0 aliphatic heterocycles. The van der Waals surface area contributed by atoms with Crippen molar-refractivity contribution in [1.82, 2.24) is 10.2 Å². The molecule has 0 amide bonds. The maximum atomic E-state index is 11.1. The Balaban J connectivity index is 2.17. The summed E-state index contributed by atoms with van der Waals surface area (Å²) >= 11 is 6.20. The van der Waals surface area contributed by atoms with Crippen molar-refractivity contribution >= 4 is 17.3 Å². The second kappa shape index (κ2) is 5.75. The summed E-state index contributed by atoms with van der Waals surface area (Å²) in [6.07, 6.45) is 1.25. The fraction of sp³-hybridized carbons (Fsp3) is 0.231. The molecule has 1 aromatic heterocycles. The number of nitrogens with one attached hydrogen (secondary N) is 1. The summed E-state index contributed by atoms with van der Waals surface area (Å²) in [5.41, 5.74) is 1.90. The minimum atomic E-state index is -0.577. The quantitative estimate of drug-likeness (QED) is 0.873. The van der Waals surface area contributed by atoms with Crippen LogP contribution in [-0.4, -0.2) is 10.2 Å². The Morgan fingerprint density at radius 3 is 2.89 bits per heavy atom. The minimum Gasteiger partial charge on any atom is -0.265 e. The van der Waals surface area contributed by atoms with Crippen molar-refractivity contribution in [2.75, 3.05) is 0 Å². The van der Waals surface area contributed by atoms with Crippen LogP contribution in [0.1, 0.15) is 16.8 Å². The van der Waals surface area contributed by atoms with E-state index in [1.165, 1.54) is 6.07 Å². The van der Waals surface area contributed by atoms with Gasteiger partial charge in [0, 0.05) is 5.02 Å². The second-order valence-corrected chi connectivity index (χ2v) is 4.59. The van der Waals surface area contributed by atoms with Crippen LogP contribution in [0.15, 0.2) is 34.2 Å². The van der Waals surface area contributed by atoms with Crippen LogP contribution in [0.5, 0.6) is 0 Å². The van der Waals surface area contributed by atoms with Gasteiger partial charge in [-0.2, -0.15) is 5.10 Å². The number of aryl methyl sites for hydroxylation is 3. The summed E-state index contributed by atoms with van der Waals surface area (Å²) in [5.74, 6) is 0. The first-order valence-electron chi connectivity index (χ1n) is 5.77. The van der Waals surface area contributed by atoms with Crippen molar-refractivity contribution in [1.29, 1.82) is 0 Å². The number of aromatic nitrogens is 2. The van der Waals surface area contributed by atoms with Gasteiger partial charge >= 0.3 is 0 Å². The van der Waals surface area contributed by atoms with E-state index in [0.717, 1.165) is 16.1 Å². The standard InChI is InChI=1S/C13H12ClN3O2/c1-8-3-2-4-9(12(8)14)5-6-10-7-11(17-19)13(18)16-15-10/h2-4,7H,5-6H2,1H3,(H,16,18). The molecule has 5 nitrogen and oxygen atoms in total. The van der Waals surface area contributed by atoms with E-state index >= 15 is 0 Å². The van der Waals surface area contributed by atoms with Crippen molar-refractivity contribution in [2.45, 2.75) is 19.8 Å². The molecule has 2 rings (SSSR count). The van der Waals surface area contributed by atoms with Gasteiger partial charge in [0.1, 0.15) is 0 Å². The number of benzene rings is 1.